The van der Waals surface area contributed by atoms with Gasteiger partial charge in [0.2, 0.25) is 5.88 Å². The van der Waals surface area contributed by atoms with Gasteiger partial charge in [0.05, 0.1) is 24.8 Å². The molecule has 6 heteroatoms. The molecule has 0 unspecified atom stereocenters. The molecular formula is C22H32ClN3O2. The number of hydrogen-bond donors (Lipinski definition) is 1. The van der Waals surface area contributed by atoms with E-state index in [1.807, 2.05) is 24.3 Å². The smallest absolute Gasteiger partial charge is 0.214 e. The molecule has 1 aliphatic rings. The number of benzene rings is 1. The minimum absolute atomic E-state index is 0. The number of pyridine rings is 1. The number of fused-ring (bicyclic) bond motifs is 1. The zero-order valence-corrected chi connectivity index (χ0v) is 17.8. The Morgan fingerprint density at radius 1 is 1.14 bits per heavy atom. The van der Waals surface area contributed by atoms with Gasteiger partial charge in [-0.25, -0.2) is 4.98 Å². The van der Waals surface area contributed by atoms with Crippen LogP contribution >= 0.6 is 0 Å². The van der Waals surface area contributed by atoms with Crippen LogP contribution in [-0.2, 0) is 4.84 Å². The van der Waals surface area contributed by atoms with E-state index >= 15 is 0 Å². The number of ether oxygens (including phenoxy) is 1. The van der Waals surface area contributed by atoms with Gasteiger partial charge in [-0.1, -0.05) is 29.8 Å². The number of hydrogen-bond acceptors (Lipinski definition) is 4. The third-order valence-corrected chi connectivity index (χ3v) is 5.38. The van der Waals surface area contributed by atoms with Crippen molar-refractivity contribution in [2.24, 2.45) is 5.16 Å². The first kappa shape index (κ1) is 22.4. The van der Waals surface area contributed by atoms with Crippen LogP contribution in [0, 0.1) is 0 Å². The molecule has 2 aromatic rings. The number of nitrogens with zero attached hydrogens (tertiary/aromatic N) is 2. The first-order valence-corrected chi connectivity index (χ1v) is 10.4. The number of rotatable bonds is 9. The molecule has 0 amide bonds. The van der Waals surface area contributed by atoms with Crippen LogP contribution in [0.5, 0.6) is 5.88 Å². The molecule has 0 radical (unpaired) electrons. The Morgan fingerprint density at radius 3 is 2.64 bits per heavy atom. The predicted molar refractivity (Wildman–Crippen MR) is 110 cm³/mol. The SMILES string of the molecule is CC[NH+](CC)CCO/N=C/c1cc(OC2CCCCC2)nc2ccccc12.[Cl-]. The van der Waals surface area contributed by atoms with Crippen LogP contribution in [0.4, 0.5) is 0 Å². The third-order valence-electron chi connectivity index (χ3n) is 5.38. The van der Waals surface area contributed by atoms with Crippen molar-refractivity contribution in [2.75, 3.05) is 26.2 Å². The number of oxime groups is 1. The highest BCUT2D eigenvalue weighted by molar-refractivity contribution is 5.98. The lowest BCUT2D eigenvalue weighted by molar-refractivity contribution is -0.896. The molecule has 1 aromatic carbocycles. The van der Waals surface area contributed by atoms with Crippen LogP contribution < -0.4 is 22.0 Å². The van der Waals surface area contributed by atoms with Crippen LogP contribution in [0.2, 0.25) is 0 Å². The van der Waals surface area contributed by atoms with Crippen LogP contribution in [0.3, 0.4) is 0 Å². The lowest BCUT2D eigenvalue weighted by Gasteiger charge is -2.22. The number of likely N-dealkylation sites (N-methyl/N-ethyl adjacent to an activating group) is 1. The molecule has 1 N–H and O–H groups in total. The Kier molecular flexibility index (Phi) is 9.51. The molecule has 0 saturated heterocycles. The van der Waals surface area contributed by atoms with Gasteiger partial charge in [0.1, 0.15) is 12.6 Å². The zero-order chi connectivity index (χ0) is 18.9. The normalized spacial score (nSPS) is 15.1. The van der Waals surface area contributed by atoms with E-state index in [1.165, 1.54) is 24.2 Å². The van der Waals surface area contributed by atoms with Crippen molar-refractivity contribution >= 4 is 17.1 Å². The predicted octanol–water partition coefficient (Wildman–Crippen LogP) is 0.226. The molecular weight excluding hydrogens is 374 g/mol. The molecule has 154 valence electrons. The largest absolute Gasteiger partial charge is 1.00 e. The highest BCUT2D eigenvalue weighted by Gasteiger charge is 2.16. The van der Waals surface area contributed by atoms with Crippen LogP contribution in [-0.4, -0.2) is 43.5 Å². The van der Waals surface area contributed by atoms with Crippen molar-refractivity contribution in [3.05, 3.63) is 35.9 Å². The number of nitrogens with one attached hydrogen (secondary N) is 1. The van der Waals surface area contributed by atoms with Crippen molar-refractivity contribution in [3.8, 4) is 5.88 Å². The second kappa shape index (κ2) is 11.9. The van der Waals surface area contributed by atoms with Crippen LogP contribution in [0.15, 0.2) is 35.5 Å². The number of halogens is 1. The van der Waals surface area contributed by atoms with Crippen molar-refractivity contribution in [1.82, 2.24) is 4.98 Å². The summed E-state index contributed by atoms with van der Waals surface area (Å²) in [5, 5.41) is 5.26. The molecule has 1 heterocycles. The Morgan fingerprint density at radius 2 is 1.89 bits per heavy atom. The van der Waals surface area contributed by atoms with E-state index < -0.39 is 0 Å². The maximum atomic E-state index is 6.18. The summed E-state index contributed by atoms with van der Waals surface area (Å²) in [5.41, 5.74) is 1.92. The highest BCUT2D eigenvalue weighted by Crippen LogP contribution is 2.25. The van der Waals surface area contributed by atoms with Gasteiger partial charge in [-0.05, 0) is 45.6 Å². The van der Waals surface area contributed by atoms with Crippen molar-refractivity contribution in [1.29, 1.82) is 0 Å². The molecule has 0 aliphatic heterocycles. The molecule has 28 heavy (non-hydrogen) atoms. The summed E-state index contributed by atoms with van der Waals surface area (Å²) < 4.78 is 6.18. The van der Waals surface area contributed by atoms with Gasteiger partial charge in [-0.3, -0.25) is 0 Å². The standard InChI is InChI=1S/C22H31N3O2.ClH/c1-3-25(4-2)14-15-26-23-17-18-16-22(27-19-10-6-5-7-11-19)24-21-13-9-8-12-20(18)21;/h8-9,12-13,16-17,19H,3-7,10-11,14-15H2,1-2H3;1H/b23-17+;. The third kappa shape index (κ3) is 6.35. The quantitative estimate of drug-likeness (QED) is 0.369. The van der Waals surface area contributed by atoms with E-state index in [1.54, 1.807) is 6.21 Å². The first-order chi connectivity index (χ1) is 13.3. The lowest BCUT2D eigenvalue weighted by Crippen LogP contribution is -3.11. The summed E-state index contributed by atoms with van der Waals surface area (Å²) in [7, 11) is 0. The van der Waals surface area contributed by atoms with Gasteiger partial charge in [0.15, 0.2) is 6.61 Å². The fourth-order valence-corrected chi connectivity index (χ4v) is 3.64. The average molecular weight is 406 g/mol. The Bertz CT molecular complexity index is 744. The fraction of sp³-hybridized carbons (Fsp3) is 0.545. The van der Waals surface area contributed by atoms with Crippen LogP contribution in [0.1, 0.15) is 51.5 Å². The van der Waals surface area contributed by atoms with E-state index in [2.05, 4.69) is 25.1 Å². The Hall–Kier alpha value is -1.85. The molecule has 1 aliphatic carbocycles. The van der Waals surface area contributed by atoms with Gasteiger partial charge in [-0.2, -0.15) is 0 Å². The number of aromatic nitrogens is 1. The van der Waals surface area contributed by atoms with Crippen molar-refractivity contribution < 1.29 is 26.9 Å². The summed E-state index contributed by atoms with van der Waals surface area (Å²) in [6.45, 7) is 8.21. The highest BCUT2D eigenvalue weighted by atomic mass is 35.5. The van der Waals surface area contributed by atoms with Gasteiger partial charge >= 0.3 is 0 Å². The molecule has 1 aromatic heterocycles. The van der Waals surface area contributed by atoms with Gasteiger partial charge in [-0.15, -0.1) is 0 Å². The summed E-state index contributed by atoms with van der Waals surface area (Å²) in [6.07, 6.45) is 8.11. The minimum Gasteiger partial charge on any atom is -1.00 e. The maximum absolute atomic E-state index is 6.18. The van der Waals surface area contributed by atoms with Crippen molar-refractivity contribution in [2.45, 2.75) is 52.1 Å². The van der Waals surface area contributed by atoms with Crippen molar-refractivity contribution in [3.63, 3.8) is 0 Å². The van der Waals surface area contributed by atoms with E-state index in [-0.39, 0.29) is 18.5 Å². The average Bonchev–Trinajstić information content (AvgIpc) is 2.71. The Balaban J connectivity index is 0.00000280. The molecule has 0 atom stereocenters. The monoisotopic (exact) mass is 405 g/mol. The second-order valence-corrected chi connectivity index (χ2v) is 7.22. The fourth-order valence-electron chi connectivity index (χ4n) is 3.64. The maximum Gasteiger partial charge on any atom is 0.214 e. The number of quaternary nitrogens is 1. The van der Waals surface area contributed by atoms with E-state index in [0.717, 1.165) is 48.9 Å². The Labute approximate surface area is 174 Å². The van der Waals surface area contributed by atoms with E-state index in [9.17, 15) is 0 Å². The molecule has 1 fully saturated rings. The lowest BCUT2D eigenvalue weighted by atomic mass is 9.98. The van der Waals surface area contributed by atoms with E-state index in [4.69, 9.17) is 14.6 Å². The van der Waals surface area contributed by atoms with Gasteiger partial charge in [0, 0.05) is 17.0 Å². The molecule has 1 saturated carbocycles. The number of para-hydroxylation sites is 1. The van der Waals surface area contributed by atoms with E-state index in [0.29, 0.717) is 12.5 Å². The summed E-state index contributed by atoms with van der Waals surface area (Å²) in [5.74, 6) is 0.689. The summed E-state index contributed by atoms with van der Waals surface area (Å²) >= 11 is 0. The topological polar surface area (TPSA) is 48.2 Å². The molecule has 0 spiro atoms. The minimum atomic E-state index is 0. The van der Waals surface area contributed by atoms with Crippen LogP contribution in [0.25, 0.3) is 10.9 Å². The molecule has 3 rings (SSSR count). The zero-order valence-electron chi connectivity index (χ0n) is 17.0. The molecule has 5 nitrogen and oxygen atoms in total. The summed E-state index contributed by atoms with van der Waals surface area (Å²) in [6, 6.07) is 10.1. The first-order valence-electron chi connectivity index (χ1n) is 10.4. The van der Waals surface area contributed by atoms with Gasteiger partial charge < -0.3 is 26.9 Å². The van der Waals surface area contributed by atoms with Gasteiger partial charge in [0.25, 0.3) is 0 Å². The second-order valence-electron chi connectivity index (χ2n) is 7.22. The molecule has 0 bridgehead atoms. The summed E-state index contributed by atoms with van der Waals surface area (Å²) in [4.78, 5) is 11.7.